The molecule has 0 saturated heterocycles. The van der Waals surface area contributed by atoms with Crippen LogP contribution in [-0.2, 0) is 17.8 Å². The van der Waals surface area contributed by atoms with Gasteiger partial charge < -0.3 is 9.64 Å². The number of nitrogens with zero attached hydrogens (tertiary/aromatic N) is 3. The van der Waals surface area contributed by atoms with Gasteiger partial charge in [0.15, 0.2) is 0 Å². The highest BCUT2D eigenvalue weighted by molar-refractivity contribution is 5.79. The molecule has 0 radical (unpaired) electrons. The SMILES string of the molecule is CC(C)n1cc(CN(C)C(=O)[C@H]2COc3ccccc3C2)cn1. The van der Waals surface area contributed by atoms with Crippen LogP contribution in [0.15, 0.2) is 36.7 Å². The first-order chi connectivity index (χ1) is 11.0. The van der Waals surface area contributed by atoms with Crippen molar-refractivity contribution in [2.45, 2.75) is 32.9 Å². The van der Waals surface area contributed by atoms with Crippen molar-refractivity contribution in [2.24, 2.45) is 5.92 Å². The largest absolute Gasteiger partial charge is 0.492 e. The molecule has 1 amide bonds. The van der Waals surface area contributed by atoms with E-state index in [1.165, 1.54) is 0 Å². The van der Waals surface area contributed by atoms with Crippen molar-refractivity contribution >= 4 is 5.91 Å². The van der Waals surface area contributed by atoms with Gasteiger partial charge in [-0.3, -0.25) is 9.48 Å². The van der Waals surface area contributed by atoms with Crippen LogP contribution in [0.3, 0.4) is 0 Å². The number of fused-ring (bicyclic) bond motifs is 1. The number of hydrogen-bond acceptors (Lipinski definition) is 3. The molecule has 2 heterocycles. The van der Waals surface area contributed by atoms with Crippen LogP contribution in [0.5, 0.6) is 5.75 Å². The molecule has 0 unspecified atom stereocenters. The highest BCUT2D eigenvalue weighted by Crippen LogP contribution is 2.27. The molecule has 5 nitrogen and oxygen atoms in total. The van der Waals surface area contributed by atoms with Gasteiger partial charge in [-0.05, 0) is 31.9 Å². The molecule has 0 spiro atoms. The predicted molar refractivity (Wildman–Crippen MR) is 88.2 cm³/mol. The van der Waals surface area contributed by atoms with Gasteiger partial charge in [-0.1, -0.05) is 18.2 Å². The zero-order valence-corrected chi connectivity index (χ0v) is 13.9. The molecule has 2 aromatic rings. The van der Waals surface area contributed by atoms with Crippen molar-refractivity contribution in [3.05, 3.63) is 47.8 Å². The van der Waals surface area contributed by atoms with Gasteiger partial charge in [0, 0.05) is 31.4 Å². The molecule has 0 fully saturated rings. The number of carbonyl (C=O) groups excluding carboxylic acids is 1. The van der Waals surface area contributed by atoms with Crippen molar-refractivity contribution in [3.63, 3.8) is 0 Å². The normalized spacial score (nSPS) is 16.8. The number of carbonyl (C=O) groups is 1. The Kier molecular flexibility index (Phi) is 4.37. The first kappa shape index (κ1) is 15.6. The van der Waals surface area contributed by atoms with Crippen LogP contribution >= 0.6 is 0 Å². The fraction of sp³-hybridized carbons (Fsp3) is 0.444. The first-order valence-electron chi connectivity index (χ1n) is 8.03. The van der Waals surface area contributed by atoms with Crippen LogP contribution in [-0.4, -0.2) is 34.2 Å². The Morgan fingerprint density at radius 2 is 2.22 bits per heavy atom. The molecule has 5 heteroatoms. The summed E-state index contributed by atoms with van der Waals surface area (Å²) in [7, 11) is 1.84. The third-order valence-electron chi connectivity index (χ3n) is 4.21. The highest BCUT2D eigenvalue weighted by Gasteiger charge is 2.28. The summed E-state index contributed by atoms with van der Waals surface area (Å²) in [4.78, 5) is 14.4. The van der Waals surface area contributed by atoms with E-state index in [0.29, 0.717) is 19.2 Å². The lowest BCUT2D eigenvalue weighted by molar-refractivity contribution is -0.136. The molecule has 0 bridgehead atoms. The van der Waals surface area contributed by atoms with Crippen molar-refractivity contribution < 1.29 is 9.53 Å². The smallest absolute Gasteiger partial charge is 0.229 e. The van der Waals surface area contributed by atoms with E-state index in [2.05, 4.69) is 18.9 Å². The van der Waals surface area contributed by atoms with E-state index >= 15 is 0 Å². The second kappa shape index (κ2) is 6.44. The quantitative estimate of drug-likeness (QED) is 0.872. The topological polar surface area (TPSA) is 47.4 Å². The average molecular weight is 313 g/mol. The van der Waals surface area contributed by atoms with Gasteiger partial charge in [-0.2, -0.15) is 5.10 Å². The molecule has 1 aromatic carbocycles. The van der Waals surface area contributed by atoms with E-state index in [0.717, 1.165) is 23.3 Å². The fourth-order valence-electron chi connectivity index (χ4n) is 2.89. The minimum atomic E-state index is -0.116. The van der Waals surface area contributed by atoms with Crippen molar-refractivity contribution in [1.29, 1.82) is 0 Å². The molecule has 1 aromatic heterocycles. The maximum atomic E-state index is 12.7. The van der Waals surface area contributed by atoms with Crippen LogP contribution in [0.25, 0.3) is 0 Å². The van der Waals surface area contributed by atoms with Gasteiger partial charge in [0.05, 0.1) is 12.1 Å². The van der Waals surface area contributed by atoms with Crippen molar-refractivity contribution in [3.8, 4) is 5.75 Å². The summed E-state index contributed by atoms with van der Waals surface area (Å²) in [5, 5.41) is 4.32. The van der Waals surface area contributed by atoms with Gasteiger partial charge in [0.25, 0.3) is 0 Å². The van der Waals surface area contributed by atoms with Crippen molar-refractivity contribution in [2.75, 3.05) is 13.7 Å². The number of para-hydroxylation sites is 1. The number of benzene rings is 1. The van der Waals surface area contributed by atoms with Gasteiger partial charge in [0.2, 0.25) is 5.91 Å². The number of rotatable bonds is 4. The Morgan fingerprint density at radius 1 is 1.43 bits per heavy atom. The van der Waals surface area contributed by atoms with Gasteiger partial charge in [-0.25, -0.2) is 0 Å². The Morgan fingerprint density at radius 3 is 2.96 bits per heavy atom. The fourth-order valence-corrected chi connectivity index (χ4v) is 2.89. The van der Waals surface area contributed by atoms with E-state index in [1.807, 2.05) is 48.4 Å². The summed E-state index contributed by atoms with van der Waals surface area (Å²) in [5.74, 6) is 0.907. The number of amides is 1. The predicted octanol–water partition coefficient (Wildman–Crippen LogP) is 2.67. The summed E-state index contributed by atoms with van der Waals surface area (Å²) in [6.45, 7) is 5.19. The Bertz CT molecular complexity index is 693. The molecule has 0 aliphatic carbocycles. The zero-order valence-electron chi connectivity index (χ0n) is 13.9. The molecular formula is C18H23N3O2. The number of hydrogen-bond donors (Lipinski definition) is 0. The zero-order chi connectivity index (χ0) is 16.4. The highest BCUT2D eigenvalue weighted by atomic mass is 16.5. The number of ether oxygens (including phenoxy) is 1. The van der Waals surface area contributed by atoms with Crippen LogP contribution in [0, 0.1) is 5.92 Å². The Labute approximate surface area is 136 Å². The summed E-state index contributed by atoms with van der Waals surface area (Å²) in [5.41, 5.74) is 2.16. The summed E-state index contributed by atoms with van der Waals surface area (Å²) < 4.78 is 7.64. The monoisotopic (exact) mass is 313 g/mol. The summed E-state index contributed by atoms with van der Waals surface area (Å²) in [6.07, 6.45) is 4.57. The Hall–Kier alpha value is -2.30. The van der Waals surface area contributed by atoms with E-state index in [9.17, 15) is 4.79 Å². The van der Waals surface area contributed by atoms with Gasteiger partial charge in [-0.15, -0.1) is 0 Å². The lowest BCUT2D eigenvalue weighted by Gasteiger charge is -2.28. The standard InChI is InChI=1S/C18H23N3O2/c1-13(2)21-11-14(9-19-21)10-20(3)18(22)16-8-15-6-4-5-7-17(15)23-12-16/h4-7,9,11,13,16H,8,10,12H2,1-3H3/t16-/m1/s1. The molecule has 3 rings (SSSR count). The van der Waals surface area contributed by atoms with E-state index < -0.39 is 0 Å². The third-order valence-corrected chi connectivity index (χ3v) is 4.21. The first-order valence-corrected chi connectivity index (χ1v) is 8.03. The maximum absolute atomic E-state index is 12.7. The minimum Gasteiger partial charge on any atom is -0.492 e. The summed E-state index contributed by atoms with van der Waals surface area (Å²) >= 11 is 0. The van der Waals surface area contributed by atoms with Gasteiger partial charge >= 0.3 is 0 Å². The molecule has 1 atom stereocenters. The second-order valence-electron chi connectivity index (χ2n) is 6.44. The Balaban J connectivity index is 1.63. The average Bonchev–Trinajstić information content (AvgIpc) is 3.02. The maximum Gasteiger partial charge on any atom is 0.229 e. The lowest BCUT2D eigenvalue weighted by atomic mass is 9.95. The molecule has 1 aliphatic rings. The molecule has 0 saturated carbocycles. The minimum absolute atomic E-state index is 0.116. The van der Waals surface area contributed by atoms with E-state index in [-0.39, 0.29) is 11.8 Å². The molecule has 122 valence electrons. The van der Waals surface area contributed by atoms with Crippen molar-refractivity contribution in [1.82, 2.24) is 14.7 Å². The molecular weight excluding hydrogens is 290 g/mol. The lowest BCUT2D eigenvalue weighted by Crippen LogP contribution is -2.38. The van der Waals surface area contributed by atoms with Crippen LogP contribution in [0.1, 0.15) is 31.0 Å². The number of aromatic nitrogens is 2. The summed E-state index contributed by atoms with van der Waals surface area (Å²) in [6, 6.07) is 8.26. The second-order valence-corrected chi connectivity index (χ2v) is 6.44. The van der Waals surface area contributed by atoms with E-state index in [4.69, 9.17) is 4.74 Å². The van der Waals surface area contributed by atoms with Gasteiger partial charge in [0.1, 0.15) is 12.4 Å². The molecule has 0 N–H and O–H groups in total. The van der Waals surface area contributed by atoms with Crippen LogP contribution < -0.4 is 4.74 Å². The van der Waals surface area contributed by atoms with E-state index in [1.54, 1.807) is 4.90 Å². The molecule has 23 heavy (non-hydrogen) atoms. The van der Waals surface area contributed by atoms with Crippen LogP contribution in [0.2, 0.25) is 0 Å². The van der Waals surface area contributed by atoms with Crippen LogP contribution in [0.4, 0.5) is 0 Å². The molecule has 1 aliphatic heterocycles. The third kappa shape index (κ3) is 3.38.